The van der Waals surface area contributed by atoms with Crippen molar-refractivity contribution in [1.29, 1.82) is 0 Å². The summed E-state index contributed by atoms with van der Waals surface area (Å²) in [6.07, 6.45) is 0.0497. The summed E-state index contributed by atoms with van der Waals surface area (Å²) in [6, 6.07) is 0.0852. The monoisotopic (exact) mass is 301 g/mol. The minimum absolute atomic E-state index is 0.0852. The predicted octanol–water partition coefficient (Wildman–Crippen LogP) is 1.75. The molecule has 0 bridgehead atoms. The summed E-state index contributed by atoms with van der Waals surface area (Å²) in [4.78, 5) is 25.1. The molecule has 0 saturated carbocycles. The molecule has 0 aromatic rings. The molecule has 0 aliphatic heterocycles. The van der Waals surface area contributed by atoms with Crippen LogP contribution in [0.2, 0.25) is 0 Å². The zero-order chi connectivity index (χ0) is 16.5. The molecule has 0 spiro atoms. The van der Waals surface area contributed by atoms with Gasteiger partial charge in [-0.15, -0.1) is 0 Å². The second-order valence-electron chi connectivity index (χ2n) is 6.05. The number of nitrogens with zero attached hydrogens (tertiary/aromatic N) is 1. The molecule has 2 N–H and O–H groups in total. The van der Waals surface area contributed by atoms with Crippen molar-refractivity contribution >= 4 is 12.0 Å². The van der Waals surface area contributed by atoms with E-state index in [0.717, 1.165) is 13.1 Å². The number of carbonyl (C=O) groups is 2. The van der Waals surface area contributed by atoms with Crippen molar-refractivity contribution in [3.8, 4) is 0 Å². The fraction of sp³-hybridized carbons (Fsp3) is 0.867. The predicted molar refractivity (Wildman–Crippen MR) is 84.2 cm³/mol. The third-order valence-corrected chi connectivity index (χ3v) is 2.90. The van der Waals surface area contributed by atoms with Gasteiger partial charge in [-0.1, -0.05) is 0 Å². The van der Waals surface area contributed by atoms with Gasteiger partial charge in [-0.05, 0) is 41.5 Å². The lowest BCUT2D eigenvalue weighted by Gasteiger charge is -2.22. The Morgan fingerprint density at radius 2 is 1.76 bits per heavy atom. The van der Waals surface area contributed by atoms with Crippen molar-refractivity contribution in [2.75, 3.05) is 26.2 Å². The molecule has 0 aliphatic carbocycles. The molecule has 0 aromatic carbocycles. The molecule has 0 rings (SSSR count). The Balaban J connectivity index is 3.83. The molecule has 0 fully saturated rings. The summed E-state index contributed by atoms with van der Waals surface area (Å²) < 4.78 is 5.15. The number of rotatable bonds is 8. The number of amides is 2. The van der Waals surface area contributed by atoms with Gasteiger partial charge in [0.2, 0.25) is 5.91 Å². The first-order valence-corrected chi connectivity index (χ1v) is 7.67. The van der Waals surface area contributed by atoms with Crippen LogP contribution in [0.1, 0.15) is 48.0 Å². The normalized spacial score (nSPS) is 12.7. The van der Waals surface area contributed by atoms with Crippen molar-refractivity contribution < 1.29 is 14.3 Å². The average Bonchev–Trinajstić information content (AvgIpc) is 2.36. The van der Waals surface area contributed by atoms with Crippen LogP contribution in [0.15, 0.2) is 0 Å². The van der Waals surface area contributed by atoms with Crippen LogP contribution >= 0.6 is 0 Å². The second kappa shape index (κ2) is 9.60. The molecule has 0 aromatic heterocycles. The van der Waals surface area contributed by atoms with Gasteiger partial charge in [0.05, 0.1) is 0 Å². The maximum Gasteiger partial charge on any atom is 0.407 e. The van der Waals surface area contributed by atoms with Gasteiger partial charge in [-0.2, -0.15) is 0 Å². The topological polar surface area (TPSA) is 70.7 Å². The third kappa shape index (κ3) is 10.1. The summed E-state index contributed by atoms with van der Waals surface area (Å²) in [5.41, 5.74) is -0.489. The van der Waals surface area contributed by atoms with Crippen molar-refractivity contribution in [2.45, 2.75) is 59.6 Å². The van der Waals surface area contributed by atoms with Crippen LogP contribution in [-0.4, -0.2) is 54.7 Å². The van der Waals surface area contributed by atoms with Crippen LogP contribution in [-0.2, 0) is 9.53 Å². The largest absolute Gasteiger partial charge is 0.444 e. The third-order valence-electron chi connectivity index (χ3n) is 2.90. The highest BCUT2D eigenvalue weighted by Crippen LogP contribution is 2.06. The molecule has 0 saturated heterocycles. The Morgan fingerprint density at radius 1 is 1.19 bits per heavy atom. The summed E-state index contributed by atoms with van der Waals surface area (Å²) in [5.74, 6) is 0.153. The zero-order valence-electron chi connectivity index (χ0n) is 14.3. The Morgan fingerprint density at radius 3 is 2.24 bits per heavy atom. The zero-order valence-corrected chi connectivity index (χ0v) is 14.3. The Bertz CT molecular complexity index is 323. The van der Waals surface area contributed by atoms with Crippen molar-refractivity contribution in [3.05, 3.63) is 0 Å². The molecule has 2 amide bonds. The number of ether oxygens (including phenoxy) is 1. The highest BCUT2D eigenvalue weighted by atomic mass is 16.6. The van der Waals surface area contributed by atoms with E-state index < -0.39 is 11.7 Å². The maximum atomic E-state index is 11.8. The number of hydrogen-bond donors (Lipinski definition) is 2. The van der Waals surface area contributed by atoms with Gasteiger partial charge in [0.25, 0.3) is 0 Å². The number of carbonyl (C=O) groups excluding carboxylic acids is 2. The Labute approximate surface area is 128 Å². The molecule has 1 unspecified atom stereocenters. The SMILES string of the molecule is CCN(CC)C(=O)CCNC(C)CNC(=O)OC(C)(C)C. The summed E-state index contributed by atoms with van der Waals surface area (Å²) in [7, 11) is 0. The minimum atomic E-state index is -0.489. The molecule has 1 atom stereocenters. The standard InChI is InChI=1S/C15H31N3O3/c1-7-18(8-2)13(19)9-10-16-12(3)11-17-14(20)21-15(4,5)6/h12,16H,7-11H2,1-6H3,(H,17,20). The van der Waals surface area contributed by atoms with E-state index in [0.29, 0.717) is 19.5 Å². The van der Waals surface area contributed by atoms with E-state index in [2.05, 4.69) is 10.6 Å². The molecular formula is C15H31N3O3. The van der Waals surface area contributed by atoms with Gasteiger partial charge in [-0.3, -0.25) is 4.79 Å². The minimum Gasteiger partial charge on any atom is -0.444 e. The van der Waals surface area contributed by atoms with Crippen LogP contribution in [0, 0.1) is 0 Å². The lowest BCUT2D eigenvalue weighted by atomic mass is 10.2. The highest BCUT2D eigenvalue weighted by molar-refractivity contribution is 5.76. The van der Waals surface area contributed by atoms with Gasteiger partial charge < -0.3 is 20.3 Å². The van der Waals surface area contributed by atoms with E-state index in [9.17, 15) is 9.59 Å². The van der Waals surface area contributed by atoms with E-state index in [-0.39, 0.29) is 11.9 Å². The summed E-state index contributed by atoms with van der Waals surface area (Å²) in [6.45, 7) is 13.9. The second-order valence-corrected chi connectivity index (χ2v) is 6.05. The van der Waals surface area contributed by atoms with E-state index >= 15 is 0 Å². The lowest BCUT2D eigenvalue weighted by Crippen LogP contribution is -2.42. The first-order chi connectivity index (χ1) is 9.69. The molecule has 0 radical (unpaired) electrons. The van der Waals surface area contributed by atoms with Gasteiger partial charge in [-0.25, -0.2) is 4.79 Å². The fourth-order valence-electron chi connectivity index (χ4n) is 1.78. The van der Waals surface area contributed by atoms with Gasteiger partial charge in [0, 0.05) is 38.6 Å². The molecule has 6 nitrogen and oxygen atoms in total. The van der Waals surface area contributed by atoms with Crippen LogP contribution in [0.4, 0.5) is 4.79 Å². The molecule has 0 heterocycles. The van der Waals surface area contributed by atoms with Crippen molar-refractivity contribution in [3.63, 3.8) is 0 Å². The van der Waals surface area contributed by atoms with E-state index in [1.165, 1.54) is 0 Å². The fourth-order valence-corrected chi connectivity index (χ4v) is 1.78. The van der Waals surface area contributed by atoms with Crippen LogP contribution in [0.25, 0.3) is 0 Å². The lowest BCUT2D eigenvalue weighted by molar-refractivity contribution is -0.130. The van der Waals surface area contributed by atoms with Crippen LogP contribution in [0.5, 0.6) is 0 Å². The smallest absolute Gasteiger partial charge is 0.407 e. The van der Waals surface area contributed by atoms with E-state index in [1.807, 2.05) is 46.4 Å². The number of nitrogens with one attached hydrogen (secondary N) is 2. The molecule has 0 aliphatic rings. The summed E-state index contributed by atoms with van der Waals surface area (Å²) >= 11 is 0. The molecule has 21 heavy (non-hydrogen) atoms. The van der Waals surface area contributed by atoms with Gasteiger partial charge >= 0.3 is 6.09 Å². The Hall–Kier alpha value is -1.30. The highest BCUT2D eigenvalue weighted by Gasteiger charge is 2.16. The molecule has 124 valence electrons. The molecule has 6 heteroatoms. The quantitative estimate of drug-likeness (QED) is 0.716. The first-order valence-electron chi connectivity index (χ1n) is 7.67. The first kappa shape index (κ1) is 19.7. The van der Waals surface area contributed by atoms with Gasteiger partial charge in [0.1, 0.15) is 5.60 Å². The van der Waals surface area contributed by atoms with Crippen LogP contribution < -0.4 is 10.6 Å². The average molecular weight is 301 g/mol. The van der Waals surface area contributed by atoms with Crippen LogP contribution in [0.3, 0.4) is 0 Å². The Kier molecular flexibility index (Phi) is 9.01. The number of alkyl carbamates (subject to hydrolysis) is 1. The van der Waals surface area contributed by atoms with Gasteiger partial charge in [0.15, 0.2) is 0 Å². The van der Waals surface area contributed by atoms with Crippen molar-refractivity contribution in [1.82, 2.24) is 15.5 Å². The molecular weight excluding hydrogens is 270 g/mol. The summed E-state index contributed by atoms with van der Waals surface area (Å²) in [5, 5.41) is 5.92. The van der Waals surface area contributed by atoms with E-state index in [1.54, 1.807) is 0 Å². The maximum absolute atomic E-state index is 11.8. The van der Waals surface area contributed by atoms with E-state index in [4.69, 9.17) is 4.74 Å². The number of hydrogen-bond acceptors (Lipinski definition) is 4. The van der Waals surface area contributed by atoms with Crippen molar-refractivity contribution in [2.24, 2.45) is 0 Å².